The molecule has 0 radical (unpaired) electrons. The summed E-state index contributed by atoms with van der Waals surface area (Å²) in [4.78, 5) is 0. The van der Waals surface area contributed by atoms with Crippen LogP contribution in [0.15, 0.2) is 4.42 Å². The van der Waals surface area contributed by atoms with Crippen molar-refractivity contribution < 1.29 is 9.15 Å². The lowest BCUT2D eigenvalue weighted by Crippen LogP contribution is -2.17. The van der Waals surface area contributed by atoms with Crippen LogP contribution in [0.2, 0.25) is 0 Å². The summed E-state index contributed by atoms with van der Waals surface area (Å²) < 4.78 is 10.5. The van der Waals surface area contributed by atoms with Gasteiger partial charge in [-0.1, -0.05) is 6.92 Å². The SMILES string of the molecule is CCCNCCc1nnc(CCCOC)o1. The molecule has 5 heteroatoms. The summed E-state index contributed by atoms with van der Waals surface area (Å²) in [5.74, 6) is 1.43. The van der Waals surface area contributed by atoms with Crippen molar-refractivity contribution in [3.63, 3.8) is 0 Å². The topological polar surface area (TPSA) is 60.2 Å². The van der Waals surface area contributed by atoms with Gasteiger partial charge in [-0.15, -0.1) is 10.2 Å². The van der Waals surface area contributed by atoms with E-state index >= 15 is 0 Å². The normalized spacial score (nSPS) is 10.9. The molecule has 0 aliphatic heterocycles. The van der Waals surface area contributed by atoms with Gasteiger partial charge in [-0.3, -0.25) is 0 Å². The minimum Gasteiger partial charge on any atom is -0.425 e. The number of hydrogen-bond donors (Lipinski definition) is 1. The lowest BCUT2D eigenvalue weighted by atomic mass is 10.3. The van der Waals surface area contributed by atoms with E-state index in [1.165, 1.54) is 0 Å². The molecule has 0 amide bonds. The van der Waals surface area contributed by atoms with Gasteiger partial charge in [0.05, 0.1) is 0 Å². The minimum absolute atomic E-state index is 0.711. The molecular weight excluding hydrogens is 206 g/mol. The molecule has 5 nitrogen and oxygen atoms in total. The van der Waals surface area contributed by atoms with Crippen molar-refractivity contribution in [1.82, 2.24) is 15.5 Å². The second-order valence-electron chi connectivity index (χ2n) is 3.69. The highest BCUT2D eigenvalue weighted by Gasteiger charge is 2.04. The van der Waals surface area contributed by atoms with Crippen LogP contribution in [0.25, 0.3) is 0 Å². The number of ether oxygens (including phenoxy) is 1. The Morgan fingerprint density at radius 3 is 2.62 bits per heavy atom. The van der Waals surface area contributed by atoms with E-state index in [1.54, 1.807) is 7.11 Å². The van der Waals surface area contributed by atoms with E-state index in [0.29, 0.717) is 5.89 Å². The largest absolute Gasteiger partial charge is 0.425 e. The predicted molar refractivity (Wildman–Crippen MR) is 61.4 cm³/mol. The Bertz CT molecular complexity index is 276. The van der Waals surface area contributed by atoms with Crippen molar-refractivity contribution >= 4 is 0 Å². The molecule has 0 aliphatic carbocycles. The molecule has 0 atom stereocenters. The van der Waals surface area contributed by atoms with Crippen LogP contribution < -0.4 is 5.32 Å². The molecule has 0 fully saturated rings. The maximum absolute atomic E-state index is 5.49. The van der Waals surface area contributed by atoms with Gasteiger partial charge >= 0.3 is 0 Å². The van der Waals surface area contributed by atoms with Crippen molar-refractivity contribution in [2.45, 2.75) is 32.6 Å². The van der Waals surface area contributed by atoms with Crippen molar-refractivity contribution in [2.75, 3.05) is 26.8 Å². The molecule has 0 aromatic carbocycles. The third-order valence-corrected chi connectivity index (χ3v) is 2.19. The predicted octanol–water partition coefficient (Wildman–Crippen LogP) is 1.19. The molecule has 0 bridgehead atoms. The number of nitrogens with one attached hydrogen (secondary N) is 1. The number of rotatable bonds is 9. The first-order valence-corrected chi connectivity index (χ1v) is 5.87. The van der Waals surface area contributed by atoms with Gasteiger partial charge < -0.3 is 14.5 Å². The van der Waals surface area contributed by atoms with E-state index in [4.69, 9.17) is 9.15 Å². The van der Waals surface area contributed by atoms with E-state index in [9.17, 15) is 0 Å². The van der Waals surface area contributed by atoms with Crippen LogP contribution in [0.5, 0.6) is 0 Å². The Hall–Kier alpha value is -0.940. The van der Waals surface area contributed by atoms with Gasteiger partial charge in [0, 0.05) is 33.1 Å². The second kappa shape index (κ2) is 8.24. The van der Waals surface area contributed by atoms with Crippen LogP contribution in [-0.4, -0.2) is 37.0 Å². The molecule has 16 heavy (non-hydrogen) atoms. The highest BCUT2D eigenvalue weighted by molar-refractivity contribution is 4.82. The highest BCUT2D eigenvalue weighted by Crippen LogP contribution is 2.03. The summed E-state index contributed by atoms with van der Waals surface area (Å²) in [5.41, 5.74) is 0. The van der Waals surface area contributed by atoms with Crippen LogP contribution in [0.1, 0.15) is 31.5 Å². The van der Waals surface area contributed by atoms with Gasteiger partial charge in [0.2, 0.25) is 11.8 Å². The van der Waals surface area contributed by atoms with Crippen molar-refractivity contribution in [1.29, 1.82) is 0 Å². The molecule has 0 unspecified atom stereocenters. The summed E-state index contributed by atoms with van der Waals surface area (Å²) in [7, 11) is 1.69. The zero-order valence-electron chi connectivity index (χ0n) is 10.2. The van der Waals surface area contributed by atoms with E-state index in [2.05, 4.69) is 22.4 Å². The smallest absolute Gasteiger partial charge is 0.217 e. The van der Waals surface area contributed by atoms with Crippen LogP contribution >= 0.6 is 0 Å². The molecule has 1 rings (SSSR count). The summed E-state index contributed by atoms with van der Waals surface area (Å²) in [5, 5.41) is 11.3. The maximum atomic E-state index is 5.49. The first-order chi connectivity index (χ1) is 7.86. The lowest BCUT2D eigenvalue weighted by Gasteiger charge is -1.98. The fourth-order valence-corrected chi connectivity index (χ4v) is 1.36. The van der Waals surface area contributed by atoms with Crippen LogP contribution in [0, 0.1) is 0 Å². The molecule has 0 spiro atoms. The Labute approximate surface area is 96.6 Å². The molecular formula is C11H21N3O2. The molecule has 1 aromatic rings. The molecule has 92 valence electrons. The van der Waals surface area contributed by atoms with Gasteiger partial charge in [0.15, 0.2) is 0 Å². The Balaban J connectivity index is 2.17. The van der Waals surface area contributed by atoms with Crippen molar-refractivity contribution in [2.24, 2.45) is 0 Å². The third-order valence-electron chi connectivity index (χ3n) is 2.19. The Kier molecular flexibility index (Phi) is 6.76. The molecule has 0 saturated carbocycles. The molecule has 1 N–H and O–H groups in total. The zero-order chi connectivity index (χ0) is 11.6. The first-order valence-electron chi connectivity index (χ1n) is 5.87. The lowest BCUT2D eigenvalue weighted by molar-refractivity contribution is 0.192. The van der Waals surface area contributed by atoms with Gasteiger partial charge in [0.1, 0.15) is 0 Å². The van der Waals surface area contributed by atoms with Gasteiger partial charge in [-0.25, -0.2) is 0 Å². The Morgan fingerprint density at radius 2 is 1.94 bits per heavy atom. The Morgan fingerprint density at radius 1 is 1.19 bits per heavy atom. The van der Waals surface area contributed by atoms with Crippen LogP contribution in [0.4, 0.5) is 0 Å². The van der Waals surface area contributed by atoms with Gasteiger partial charge in [-0.05, 0) is 19.4 Å². The number of methoxy groups -OCH3 is 1. The van der Waals surface area contributed by atoms with Crippen LogP contribution in [-0.2, 0) is 17.6 Å². The molecule has 1 heterocycles. The highest BCUT2D eigenvalue weighted by atomic mass is 16.5. The molecule has 1 aromatic heterocycles. The van der Waals surface area contributed by atoms with Gasteiger partial charge in [-0.2, -0.15) is 0 Å². The second-order valence-corrected chi connectivity index (χ2v) is 3.69. The minimum atomic E-state index is 0.711. The average molecular weight is 227 g/mol. The maximum Gasteiger partial charge on any atom is 0.217 e. The summed E-state index contributed by atoms with van der Waals surface area (Å²) in [6, 6.07) is 0. The summed E-state index contributed by atoms with van der Waals surface area (Å²) in [6.45, 7) is 4.81. The number of aryl methyl sites for hydroxylation is 1. The zero-order valence-corrected chi connectivity index (χ0v) is 10.2. The van der Waals surface area contributed by atoms with Crippen molar-refractivity contribution in [3.05, 3.63) is 11.8 Å². The van der Waals surface area contributed by atoms with E-state index in [-0.39, 0.29) is 0 Å². The number of hydrogen-bond acceptors (Lipinski definition) is 5. The third kappa shape index (κ3) is 5.23. The fraction of sp³-hybridized carbons (Fsp3) is 0.818. The molecule has 0 aliphatic rings. The van der Waals surface area contributed by atoms with Gasteiger partial charge in [0.25, 0.3) is 0 Å². The summed E-state index contributed by atoms with van der Waals surface area (Å²) >= 11 is 0. The van der Waals surface area contributed by atoms with Crippen LogP contribution in [0.3, 0.4) is 0 Å². The fourth-order valence-electron chi connectivity index (χ4n) is 1.36. The number of nitrogens with zero attached hydrogens (tertiary/aromatic N) is 2. The quantitative estimate of drug-likeness (QED) is 0.642. The van der Waals surface area contributed by atoms with E-state index < -0.39 is 0 Å². The number of aromatic nitrogens is 2. The summed E-state index contributed by atoms with van der Waals surface area (Å²) in [6.07, 6.45) is 3.67. The standard InChI is InChI=1S/C11H21N3O2/c1-3-7-12-8-6-11-14-13-10(16-11)5-4-9-15-2/h12H,3-9H2,1-2H3. The van der Waals surface area contributed by atoms with E-state index in [1.807, 2.05) is 0 Å². The van der Waals surface area contributed by atoms with Crippen molar-refractivity contribution in [3.8, 4) is 0 Å². The average Bonchev–Trinajstić information content (AvgIpc) is 2.73. The van der Waals surface area contributed by atoms with E-state index in [0.717, 1.165) is 51.3 Å². The molecule has 0 saturated heterocycles. The monoisotopic (exact) mass is 227 g/mol. The first kappa shape index (κ1) is 13.1.